The molecule has 0 radical (unpaired) electrons. The fraction of sp³-hybridized carbons (Fsp3) is 0.692. The molecular weight excluding hydrogens is 933 g/mol. The molecule has 7 amide bonds. The first kappa shape index (κ1) is 61.2. The zero-order chi connectivity index (χ0) is 53.7. The monoisotopic (exact) mass is 1010 g/mol. The Bertz CT molecular complexity index is 1950. The molecule has 3 rings (SSSR count). The van der Waals surface area contributed by atoms with Crippen molar-refractivity contribution in [1.82, 2.24) is 30.2 Å². The molecule has 20 heteroatoms. The molecule has 9 atom stereocenters. The zero-order valence-corrected chi connectivity index (χ0v) is 44.3. The number of rotatable bonds is 33. The largest absolute Gasteiger partial charge is 0.480 e. The maximum absolute atomic E-state index is 14.4. The predicted octanol–water partition coefficient (Wildman–Crippen LogP) is 2.71. The Morgan fingerprint density at radius 2 is 1.35 bits per heavy atom. The molecule has 404 valence electrons. The Labute approximate surface area is 425 Å². The molecule has 1 aromatic carbocycles. The number of carboxylic acid groups (broad SMARTS) is 1. The van der Waals surface area contributed by atoms with Gasteiger partial charge in [-0.2, -0.15) is 0 Å². The number of carbonyl (C=O) groups excluding carboxylic acids is 7. The number of ether oxygens (including phenoxy) is 5. The number of nitrogens with one attached hydrogen (secondary N) is 2. The molecule has 1 saturated heterocycles. The second-order valence-corrected chi connectivity index (χ2v) is 19.4. The minimum Gasteiger partial charge on any atom is -0.480 e. The van der Waals surface area contributed by atoms with Crippen molar-refractivity contribution in [1.29, 1.82) is 0 Å². The van der Waals surface area contributed by atoms with Gasteiger partial charge in [0.25, 0.3) is 11.8 Å². The van der Waals surface area contributed by atoms with E-state index in [4.69, 9.17) is 23.7 Å². The van der Waals surface area contributed by atoms with Gasteiger partial charge in [-0.05, 0) is 43.2 Å². The van der Waals surface area contributed by atoms with E-state index in [-0.39, 0.29) is 107 Å². The highest BCUT2D eigenvalue weighted by Crippen LogP contribution is 2.31. The van der Waals surface area contributed by atoms with E-state index in [1.54, 1.807) is 57.0 Å². The van der Waals surface area contributed by atoms with Gasteiger partial charge in [0.2, 0.25) is 29.5 Å². The standard InChI is InChI=1S/C52H82N6O14/c1-12-35(6)47(40(68-10)32-44(62)57-23-16-19-39(57)48(69-11)36(7)49(63)53-38(52(66)67)31-37-17-14-13-15-18-37)56(9)46(34(4)5)51(65)54-50(64)45(33(2)3)55(8)41(59)22-25-70-27-29-72-30-28-71-26-24-58-42(60)20-21-43(58)61/h13-15,17-18,20-21,33-36,38-40,45-48H,12,16,19,22-32H2,1-11H3,(H,53,63)(H,66,67)(H,54,64,65)/t35-,36+,38-,39-,40+,45-,46-,47-,48+/m0/s1. The molecule has 0 aliphatic carbocycles. The summed E-state index contributed by atoms with van der Waals surface area (Å²) in [5, 5.41) is 15.2. The van der Waals surface area contributed by atoms with Crippen LogP contribution in [0.15, 0.2) is 42.5 Å². The van der Waals surface area contributed by atoms with Gasteiger partial charge >= 0.3 is 5.97 Å². The molecule has 1 fully saturated rings. The third kappa shape index (κ3) is 17.8. The highest BCUT2D eigenvalue weighted by molar-refractivity contribution is 6.12. The Hall–Kier alpha value is -5.12. The number of carbonyl (C=O) groups is 8. The summed E-state index contributed by atoms with van der Waals surface area (Å²) in [7, 11) is 6.32. The Kier molecular flexibility index (Phi) is 26.2. The topological polar surface area (TPSA) is 240 Å². The van der Waals surface area contributed by atoms with Crippen LogP contribution in [0.3, 0.4) is 0 Å². The third-order valence-corrected chi connectivity index (χ3v) is 13.7. The van der Waals surface area contributed by atoms with E-state index >= 15 is 0 Å². The minimum atomic E-state index is -1.16. The summed E-state index contributed by atoms with van der Waals surface area (Å²) in [6, 6.07) is 5.12. The van der Waals surface area contributed by atoms with Crippen LogP contribution < -0.4 is 10.6 Å². The SMILES string of the molecule is CC[C@H](C)[C@@H]([C@@H](CC(=O)N1CCC[C@H]1[C@H](OC)[C@@H](C)C(=O)N[C@@H](Cc1ccccc1)C(=O)O)OC)N(C)[C@H](C(=O)NC(=O)[C@H](C(C)C)N(C)C(=O)CCOCCOCCOCCN1C(=O)C=CC1=O)C(C)C. The number of benzene rings is 1. The number of likely N-dealkylation sites (tertiary alicyclic amines) is 1. The van der Waals surface area contributed by atoms with E-state index in [2.05, 4.69) is 10.6 Å². The predicted molar refractivity (Wildman–Crippen MR) is 267 cm³/mol. The normalized spacial score (nSPS) is 18.2. The van der Waals surface area contributed by atoms with Crippen LogP contribution in [-0.2, 0) is 68.5 Å². The van der Waals surface area contributed by atoms with Crippen molar-refractivity contribution in [3.63, 3.8) is 0 Å². The molecule has 20 nitrogen and oxygen atoms in total. The number of imide groups is 2. The fourth-order valence-electron chi connectivity index (χ4n) is 9.72. The molecule has 0 aromatic heterocycles. The van der Waals surface area contributed by atoms with Crippen LogP contribution in [-0.4, -0.2) is 195 Å². The molecule has 2 aliphatic heterocycles. The molecule has 0 spiro atoms. The number of hydrogen-bond donors (Lipinski definition) is 3. The van der Waals surface area contributed by atoms with Gasteiger partial charge in [0.15, 0.2) is 0 Å². The van der Waals surface area contributed by atoms with Gasteiger partial charge in [-0.25, -0.2) is 4.79 Å². The molecule has 3 N–H and O–H groups in total. The summed E-state index contributed by atoms with van der Waals surface area (Å²) >= 11 is 0. The lowest BCUT2D eigenvalue weighted by molar-refractivity contribution is -0.147. The van der Waals surface area contributed by atoms with Gasteiger partial charge in [-0.3, -0.25) is 48.7 Å². The number of aliphatic carboxylic acids is 1. The second-order valence-electron chi connectivity index (χ2n) is 19.4. The van der Waals surface area contributed by atoms with Crippen LogP contribution in [0.2, 0.25) is 0 Å². The summed E-state index contributed by atoms with van der Waals surface area (Å²) in [4.78, 5) is 111. The first-order valence-corrected chi connectivity index (χ1v) is 25.2. The molecule has 0 saturated carbocycles. The van der Waals surface area contributed by atoms with Crippen molar-refractivity contribution in [3.8, 4) is 0 Å². The maximum Gasteiger partial charge on any atom is 0.326 e. The average Bonchev–Trinajstić information content (AvgIpc) is 3.95. The molecule has 2 heterocycles. The van der Waals surface area contributed by atoms with Crippen molar-refractivity contribution >= 4 is 47.3 Å². The lowest BCUT2D eigenvalue weighted by Crippen LogP contribution is -2.60. The number of carboxylic acids is 1. The summed E-state index contributed by atoms with van der Waals surface area (Å²) in [5.41, 5.74) is 0.762. The fourth-order valence-corrected chi connectivity index (χ4v) is 9.72. The molecule has 2 aliphatic rings. The van der Waals surface area contributed by atoms with Gasteiger partial charge in [-0.1, -0.05) is 85.2 Å². The summed E-state index contributed by atoms with van der Waals surface area (Å²) < 4.78 is 28.5. The zero-order valence-electron chi connectivity index (χ0n) is 44.3. The first-order chi connectivity index (χ1) is 34.2. The van der Waals surface area contributed by atoms with Crippen LogP contribution >= 0.6 is 0 Å². The van der Waals surface area contributed by atoms with E-state index in [1.807, 2.05) is 38.7 Å². The van der Waals surface area contributed by atoms with Gasteiger partial charge in [0, 0.05) is 52.4 Å². The second kappa shape index (κ2) is 30.8. The minimum absolute atomic E-state index is 0.0149. The maximum atomic E-state index is 14.4. The number of amides is 7. The van der Waals surface area contributed by atoms with Crippen molar-refractivity contribution in [2.75, 3.05) is 81.0 Å². The molecule has 0 unspecified atom stereocenters. The van der Waals surface area contributed by atoms with E-state index in [0.717, 1.165) is 10.5 Å². The lowest BCUT2D eigenvalue weighted by Gasteiger charge is -2.43. The highest BCUT2D eigenvalue weighted by atomic mass is 16.5. The van der Waals surface area contributed by atoms with E-state index in [9.17, 15) is 43.5 Å². The number of methoxy groups -OCH3 is 2. The Morgan fingerprint density at radius 1 is 0.778 bits per heavy atom. The Balaban J connectivity index is 1.60. The van der Waals surface area contributed by atoms with Crippen molar-refractivity contribution < 1.29 is 67.1 Å². The molecule has 1 aromatic rings. The van der Waals surface area contributed by atoms with E-state index < -0.39 is 72.0 Å². The summed E-state index contributed by atoms with van der Waals surface area (Å²) in [5.74, 6) is -5.66. The van der Waals surface area contributed by atoms with Gasteiger partial charge in [0.1, 0.15) is 12.1 Å². The van der Waals surface area contributed by atoms with Crippen LogP contribution in [0.25, 0.3) is 0 Å². The molecule has 72 heavy (non-hydrogen) atoms. The van der Waals surface area contributed by atoms with Crippen molar-refractivity contribution in [3.05, 3.63) is 48.0 Å². The highest BCUT2D eigenvalue weighted by Gasteiger charge is 2.44. The lowest BCUT2D eigenvalue weighted by atomic mass is 9.87. The van der Waals surface area contributed by atoms with Crippen molar-refractivity contribution in [2.45, 2.75) is 129 Å². The van der Waals surface area contributed by atoms with Crippen molar-refractivity contribution in [2.24, 2.45) is 23.7 Å². The summed E-state index contributed by atoms with van der Waals surface area (Å²) in [6.45, 7) is 14.9. The van der Waals surface area contributed by atoms with Crippen LogP contribution in [0.1, 0.15) is 86.1 Å². The van der Waals surface area contributed by atoms with Crippen LogP contribution in [0.5, 0.6) is 0 Å². The molecular formula is C52H82N6O14. The van der Waals surface area contributed by atoms with Crippen LogP contribution in [0.4, 0.5) is 0 Å². The van der Waals surface area contributed by atoms with Gasteiger partial charge in [0.05, 0.1) is 89.2 Å². The van der Waals surface area contributed by atoms with E-state index in [1.165, 1.54) is 38.3 Å². The molecule has 0 bridgehead atoms. The van der Waals surface area contributed by atoms with Gasteiger partial charge in [-0.15, -0.1) is 0 Å². The van der Waals surface area contributed by atoms with Gasteiger partial charge < -0.3 is 43.9 Å². The number of likely N-dealkylation sites (N-methyl/N-ethyl adjacent to an activating group) is 2. The number of nitrogens with zero attached hydrogens (tertiary/aromatic N) is 4. The average molecular weight is 1020 g/mol. The smallest absolute Gasteiger partial charge is 0.326 e. The Morgan fingerprint density at radius 3 is 1.89 bits per heavy atom. The first-order valence-electron chi connectivity index (χ1n) is 25.2. The quantitative estimate of drug-likeness (QED) is 0.0678. The summed E-state index contributed by atoms with van der Waals surface area (Å²) in [6.07, 6.45) is 2.98. The van der Waals surface area contributed by atoms with E-state index in [0.29, 0.717) is 25.8 Å². The number of hydrogen-bond acceptors (Lipinski definition) is 14. The van der Waals surface area contributed by atoms with Crippen LogP contribution in [0, 0.1) is 23.7 Å². The third-order valence-electron chi connectivity index (χ3n) is 13.7.